The molecule has 1 heterocycles. The van der Waals surface area contributed by atoms with Crippen LogP contribution in [0.2, 0.25) is 0 Å². The number of thiazole rings is 1. The molecule has 4 nitrogen and oxygen atoms in total. The Morgan fingerprint density at radius 1 is 1.56 bits per heavy atom. The van der Waals surface area contributed by atoms with Crippen LogP contribution in [0.1, 0.15) is 17.6 Å². The maximum absolute atomic E-state index is 12.3. The zero-order valence-electron chi connectivity index (χ0n) is 9.97. The Balaban J connectivity index is 2.49. The molecule has 0 aliphatic rings. The number of rotatable bonds is 5. The third kappa shape index (κ3) is 4.26. The Bertz CT molecular complexity index is 405. The number of nitrogens with one attached hydrogen (secondary N) is 2. The molecule has 0 spiro atoms. The fraction of sp³-hybridized carbons (Fsp3) is 0.600. The number of nitrogens with zero attached hydrogens (tertiary/aromatic N) is 1. The fourth-order valence-corrected chi connectivity index (χ4v) is 2.00. The fourth-order valence-electron chi connectivity index (χ4n) is 1.26. The van der Waals surface area contributed by atoms with E-state index >= 15 is 0 Å². The third-order valence-electron chi connectivity index (χ3n) is 2.21. The van der Waals surface area contributed by atoms with Crippen LogP contribution in [-0.2, 0) is 17.5 Å². The summed E-state index contributed by atoms with van der Waals surface area (Å²) in [6.45, 7) is 2.26. The van der Waals surface area contributed by atoms with Gasteiger partial charge in [-0.1, -0.05) is 6.92 Å². The first kappa shape index (κ1) is 14.9. The highest BCUT2D eigenvalue weighted by atomic mass is 32.1. The van der Waals surface area contributed by atoms with Gasteiger partial charge in [-0.2, -0.15) is 13.2 Å². The molecule has 1 amide bonds. The topological polar surface area (TPSA) is 54.0 Å². The zero-order chi connectivity index (χ0) is 13.8. The van der Waals surface area contributed by atoms with Crippen molar-refractivity contribution in [1.82, 2.24) is 15.6 Å². The summed E-state index contributed by atoms with van der Waals surface area (Å²) < 4.78 is 36.8. The molecule has 1 unspecified atom stereocenters. The number of carbonyl (C=O) groups is 1. The van der Waals surface area contributed by atoms with Crippen LogP contribution in [0, 0.1) is 5.92 Å². The van der Waals surface area contributed by atoms with Crippen molar-refractivity contribution >= 4 is 17.2 Å². The van der Waals surface area contributed by atoms with Crippen molar-refractivity contribution in [2.24, 2.45) is 5.92 Å². The normalized spacial score (nSPS) is 13.4. The maximum atomic E-state index is 12.3. The number of hydrogen-bond donors (Lipinski definition) is 2. The van der Waals surface area contributed by atoms with Crippen LogP contribution in [0.4, 0.5) is 13.2 Å². The van der Waals surface area contributed by atoms with Gasteiger partial charge in [-0.3, -0.25) is 4.79 Å². The monoisotopic (exact) mass is 281 g/mol. The number of halogens is 3. The first-order valence-electron chi connectivity index (χ1n) is 5.28. The van der Waals surface area contributed by atoms with Crippen molar-refractivity contribution < 1.29 is 18.0 Å². The number of amides is 1. The number of aromatic nitrogens is 1. The van der Waals surface area contributed by atoms with E-state index in [2.05, 4.69) is 15.6 Å². The van der Waals surface area contributed by atoms with E-state index in [1.165, 1.54) is 0 Å². The largest absolute Gasteiger partial charge is 0.434 e. The van der Waals surface area contributed by atoms with Gasteiger partial charge < -0.3 is 10.6 Å². The smallest absolute Gasteiger partial charge is 0.349 e. The lowest BCUT2D eigenvalue weighted by Gasteiger charge is -2.10. The van der Waals surface area contributed by atoms with Crippen molar-refractivity contribution in [2.45, 2.75) is 19.6 Å². The summed E-state index contributed by atoms with van der Waals surface area (Å²) >= 11 is 0.882. The van der Waals surface area contributed by atoms with Crippen LogP contribution < -0.4 is 10.6 Å². The van der Waals surface area contributed by atoms with E-state index < -0.39 is 11.9 Å². The van der Waals surface area contributed by atoms with Crippen molar-refractivity contribution in [1.29, 1.82) is 0 Å². The lowest BCUT2D eigenvalue weighted by atomic mass is 10.1. The predicted molar refractivity (Wildman–Crippen MR) is 62.1 cm³/mol. The van der Waals surface area contributed by atoms with Gasteiger partial charge in [0.1, 0.15) is 5.01 Å². The quantitative estimate of drug-likeness (QED) is 0.862. The van der Waals surface area contributed by atoms with Gasteiger partial charge in [-0.25, -0.2) is 4.98 Å². The zero-order valence-corrected chi connectivity index (χ0v) is 10.8. The van der Waals surface area contributed by atoms with Crippen LogP contribution in [0.25, 0.3) is 0 Å². The second-order valence-electron chi connectivity index (χ2n) is 3.80. The SMILES string of the molecule is CNCC(C)C(=O)NCc1nc(C(F)(F)F)cs1. The lowest BCUT2D eigenvalue weighted by Crippen LogP contribution is -2.33. The van der Waals surface area contributed by atoms with Crippen LogP contribution in [0.15, 0.2) is 5.38 Å². The Labute approximate surface area is 107 Å². The van der Waals surface area contributed by atoms with E-state index in [-0.39, 0.29) is 23.4 Å². The van der Waals surface area contributed by atoms with Gasteiger partial charge in [0.2, 0.25) is 5.91 Å². The van der Waals surface area contributed by atoms with Crippen LogP contribution in [-0.4, -0.2) is 24.5 Å². The van der Waals surface area contributed by atoms with Crippen LogP contribution in [0.3, 0.4) is 0 Å². The highest BCUT2D eigenvalue weighted by molar-refractivity contribution is 7.09. The van der Waals surface area contributed by atoms with Crippen molar-refractivity contribution in [2.75, 3.05) is 13.6 Å². The molecule has 1 rings (SSSR count). The van der Waals surface area contributed by atoms with Gasteiger partial charge >= 0.3 is 6.18 Å². The highest BCUT2D eigenvalue weighted by Gasteiger charge is 2.33. The van der Waals surface area contributed by atoms with E-state index in [9.17, 15) is 18.0 Å². The predicted octanol–water partition coefficient (Wildman–Crippen LogP) is 1.63. The molecule has 2 N–H and O–H groups in total. The molecule has 0 saturated heterocycles. The van der Waals surface area contributed by atoms with Crippen molar-refractivity contribution in [3.63, 3.8) is 0 Å². The molecule has 0 bridgehead atoms. The lowest BCUT2D eigenvalue weighted by molar-refractivity contribution is -0.140. The minimum atomic E-state index is -4.43. The summed E-state index contributed by atoms with van der Waals surface area (Å²) in [5, 5.41) is 6.58. The van der Waals surface area contributed by atoms with Crippen molar-refractivity contribution in [3.8, 4) is 0 Å². The molecular weight excluding hydrogens is 267 g/mol. The van der Waals surface area contributed by atoms with Gasteiger partial charge in [-0.15, -0.1) is 11.3 Å². The molecule has 0 saturated carbocycles. The molecule has 0 aliphatic carbocycles. The molecule has 0 aromatic carbocycles. The Kier molecular flexibility index (Phi) is 5.09. The number of carbonyl (C=O) groups excluding carboxylic acids is 1. The summed E-state index contributed by atoms with van der Waals surface area (Å²) in [4.78, 5) is 14.9. The molecule has 18 heavy (non-hydrogen) atoms. The molecule has 102 valence electrons. The second-order valence-corrected chi connectivity index (χ2v) is 4.74. The van der Waals surface area contributed by atoms with E-state index in [0.29, 0.717) is 6.54 Å². The summed E-state index contributed by atoms with van der Waals surface area (Å²) in [6.07, 6.45) is -4.43. The van der Waals surface area contributed by atoms with E-state index in [0.717, 1.165) is 16.7 Å². The molecule has 1 aromatic heterocycles. The Morgan fingerprint density at radius 3 is 2.72 bits per heavy atom. The first-order chi connectivity index (χ1) is 8.34. The number of hydrogen-bond acceptors (Lipinski definition) is 4. The van der Waals surface area contributed by atoms with Gasteiger partial charge in [-0.05, 0) is 7.05 Å². The average molecular weight is 281 g/mol. The maximum Gasteiger partial charge on any atom is 0.434 e. The minimum absolute atomic E-state index is 0.0215. The van der Waals surface area contributed by atoms with Gasteiger partial charge in [0.15, 0.2) is 5.69 Å². The Morgan fingerprint density at radius 2 is 2.22 bits per heavy atom. The molecule has 1 atom stereocenters. The van der Waals surface area contributed by atoms with E-state index in [1.807, 2.05) is 0 Å². The molecular formula is C10H14F3N3OS. The van der Waals surface area contributed by atoms with Crippen LogP contribution in [0.5, 0.6) is 0 Å². The van der Waals surface area contributed by atoms with Crippen LogP contribution >= 0.6 is 11.3 Å². The first-order valence-corrected chi connectivity index (χ1v) is 6.16. The summed E-state index contributed by atoms with van der Waals surface area (Å²) in [5.74, 6) is -0.454. The summed E-state index contributed by atoms with van der Waals surface area (Å²) in [6, 6.07) is 0. The molecule has 0 aliphatic heterocycles. The van der Waals surface area contributed by atoms with Crippen molar-refractivity contribution in [3.05, 3.63) is 16.1 Å². The Hall–Kier alpha value is -1.15. The van der Waals surface area contributed by atoms with E-state index in [1.54, 1.807) is 14.0 Å². The molecule has 0 fully saturated rings. The molecule has 0 radical (unpaired) electrons. The standard InChI is InChI=1S/C10H14F3N3OS/c1-6(3-14-2)9(17)15-4-8-16-7(5-18-8)10(11,12)13/h5-6,14H,3-4H2,1-2H3,(H,15,17). The summed E-state index contributed by atoms with van der Waals surface area (Å²) in [5.41, 5.74) is -0.917. The minimum Gasteiger partial charge on any atom is -0.349 e. The van der Waals surface area contributed by atoms with Gasteiger partial charge in [0.05, 0.1) is 6.54 Å². The summed E-state index contributed by atoms with van der Waals surface area (Å²) in [7, 11) is 1.72. The molecule has 8 heteroatoms. The average Bonchev–Trinajstić information content (AvgIpc) is 2.74. The second kappa shape index (κ2) is 6.14. The van der Waals surface area contributed by atoms with Gasteiger partial charge in [0, 0.05) is 17.8 Å². The number of alkyl halides is 3. The third-order valence-corrected chi connectivity index (χ3v) is 3.06. The highest BCUT2D eigenvalue weighted by Crippen LogP contribution is 2.29. The molecule has 1 aromatic rings. The van der Waals surface area contributed by atoms with Gasteiger partial charge in [0.25, 0.3) is 0 Å². The van der Waals surface area contributed by atoms with E-state index in [4.69, 9.17) is 0 Å².